The Hall–Kier alpha value is -1.31. The lowest BCUT2D eigenvalue weighted by Crippen LogP contribution is -2.48. The number of rotatable bonds is 2. The van der Waals surface area contributed by atoms with Gasteiger partial charge in [-0.3, -0.25) is 9.64 Å². The van der Waals surface area contributed by atoms with E-state index in [1.165, 1.54) is 0 Å². The number of alkyl halides is 3. The molecule has 0 aromatic heterocycles. The molecule has 2 aliphatic heterocycles. The summed E-state index contributed by atoms with van der Waals surface area (Å²) in [6.45, 7) is 1.14. The van der Waals surface area contributed by atoms with E-state index in [9.17, 15) is 13.2 Å². The van der Waals surface area contributed by atoms with E-state index in [1.807, 2.05) is 29.2 Å². The van der Waals surface area contributed by atoms with Gasteiger partial charge in [-0.05, 0) is 12.5 Å². The number of likely N-dealkylation sites (tertiary alicyclic amines) is 1. The van der Waals surface area contributed by atoms with E-state index in [-0.39, 0.29) is 18.6 Å². The molecule has 2 heterocycles. The summed E-state index contributed by atoms with van der Waals surface area (Å²) in [5.41, 5.74) is 7.16. The van der Waals surface area contributed by atoms with Gasteiger partial charge in [0, 0.05) is 18.7 Å². The zero-order valence-electron chi connectivity index (χ0n) is 11.3. The Morgan fingerprint density at radius 3 is 2.81 bits per heavy atom. The molecule has 1 saturated heterocycles. The summed E-state index contributed by atoms with van der Waals surface area (Å²) < 4.78 is 46.6. The van der Waals surface area contributed by atoms with Crippen LogP contribution in [0.2, 0.25) is 0 Å². The molecule has 1 fully saturated rings. The van der Waals surface area contributed by atoms with Gasteiger partial charge < -0.3 is 10.5 Å². The summed E-state index contributed by atoms with van der Waals surface area (Å²) in [6, 6.07) is 7.11. The third-order valence-corrected chi connectivity index (χ3v) is 4.05. The molecular weight excluding hydrogens is 285 g/mol. The number of fused-ring (bicyclic) bond motifs is 1. The average molecular weight is 302 g/mol. The Balaban J connectivity index is 1.67. The van der Waals surface area contributed by atoms with Crippen LogP contribution in [-0.2, 0) is 4.74 Å². The maximum Gasteiger partial charge on any atom is 0.522 e. The number of halogens is 3. The standard InChI is InChI=1S/C14H17F3N2O2/c15-14(16,17)21-9-5-6-19(7-9)11-8-20-12-4-2-1-3-10(12)13(11)18/h1-4,9,11,13H,5-8,18H2/t9?,11-,13-/m0/s1. The molecular formula is C14H17F3N2O2. The zero-order valence-corrected chi connectivity index (χ0v) is 11.3. The Morgan fingerprint density at radius 2 is 2.05 bits per heavy atom. The van der Waals surface area contributed by atoms with Crippen molar-refractivity contribution in [3.8, 4) is 5.75 Å². The molecule has 7 heteroatoms. The van der Waals surface area contributed by atoms with Crippen LogP contribution in [0.15, 0.2) is 24.3 Å². The number of nitrogens with zero attached hydrogens (tertiary/aromatic N) is 1. The largest absolute Gasteiger partial charge is 0.522 e. The first-order valence-electron chi connectivity index (χ1n) is 6.90. The summed E-state index contributed by atoms with van der Waals surface area (Å²) >= 11 is 0. The van der Waals surface area contributed by atoms with Crippen LogP contribution in [0.5, 0.6) is 5.75 Å². The van der Waals surface area contributed by atoms with Crippen molar-refractivity contribution >= 4 is 0 Å². The molecule has 0 saturated carbocycles. The molecule has 1 unspecified atom stereocenters. The average Bonchev–Trinajstić information content (AvgIpc) is 2.85. The van der Waals surface area contributed by atoms with Crippen molar-refractivity contribution in [3.05, 3.63) is 29.8 Å². The molecule has 0 amide bonds. The van der Waals surface area contributed by atoms with Gasteiger partial charge in [0.1, 0.15) is 12.4 Å². The van der Waals surface area contributed by atoms with Gasteiger partial charge in [0.2, 0.25) is 0 Å². The van der Waals surface area contributed by atoms with Crippen molar-refractivity contribution in [2.24, 2.45) is 5.73 Å². The lowest BCUT2D eigenvalue weighted by molar-refractivity contribution is -0.340. The van der Waals surface area contributed by atoms with Crippen molar-refractivity contribution < 1.29 is 22.6 Å². The number of para-hydroxylation sites is 1. The van der Waals surface area contributed by atoms with E-state index in [0.717, 1.165) is 11.3 Å². The molecule has 0 radical (unpaired) electrons. The molecule has 21 heavy (non-hydrogen) atoms. The summed E-state index contributed by atoms with van der Waals surface area (Å²) in [5.74, 6) is 0.753. The molecule has 3 rings (SSSR count). The second kappa shape index (κ2) is 5.47. The van der Waals surface area contributed by atoms with Crippen LogP contribution in [0.1, 0.15) is 18.0 Å². The van der Waals surface area contributed by atoms with Gasteiger partial charge in [0.25, 0.3) is 0 Å². The van der Waals surface area contributed by atoms with Crippen molar-refractivity contribution in [2.45, 2.75) is 31.0 Å². The van der Waals surface area contributed by atoms with Gasteiger partial charge in [0.05, 0.1) is 18.2 Å². The highest BCUT2D eigenvalue weighted by atomic mass is 19.4. The van der Waals surface area contributed by atoms with E-state index < -0.39 is 12.5 Å². The maximum atomic E-state index is 12.3. The molecule has 3 atom stereocenters. The lowest BCUT2D eigenvalue weighted by atomic mass is 9.96. The van der Waals surface area contributed by atoms with Gasteiger partial charge in [-0.25, -0.2) is 0 Å². The molecule has 1 aromatic carbocycles. The molecule has 0 bridgehead atoms. The first-order valence-corrected chi connectivity index (χ1v) is 6.90. The highest BCUT2D eigenvalue weighted by Crippen LogP contribution is 2.34. The van der Waals surface area contributed by atoms with Gasteiger partial charge in [-0.15, -0.1) is 13.2 Å². The van der Waals surface area contributed by atoms with Crippen LogP contribution in [0.25, 0.3) is 0 Å². The molecule has 2 aliphatic rings. The van der Waals surface area contributed by atoms with E-state index in [1.54, 1.807) is 0 Å². The summed E-state index contributed by atoms with van der Waals surface area (Å²) in [4.78, 5) is 1.93. The van der Waals surface area contributed by atoms with Gasteiger partial charge in [-0.2, -0.15) is 0 Å². The topological polar surface area (TPSA) is 47.7 Å². The number of hydrogen-bond acceptors (Lipinski definition) is 4. The first-order chi connectivity index (χ1) is 9.94. The molecule has 4 nitrogen and oxygen atoms in total. The third-order valence-electron chi connectivity index (χ3n) is 4.05. The number of benzene rings is 1. The van der Waals surface area contributed by atoms with Crippen LogP contribution in [0.3, 0.4) is 0 Å². The van der Waals surface area contributed by atoms with Crippen LogP contribution in [0.4, 0.5) is 13.2 Å². The van der Waals surface area contributed by atoms with E-state index in [2.05, 4.69) is 4.74 Å². The van der Waals surface area contributed by atoms with Crippen LogP contribution in [0, 0.1) is 0 Å². The lowest BCUT2D eigenvalue weighted by Gasteiger charge is -2.37. The van der Waals surface area contributed by atoms with Crippen molar-refractivity contribution in [3.63, 3.8) is 0 Å². The number of hydrogen-bond donors (Lipinski definition) is 1. The fourth-order valence-corrected chi connectivity index (χ4v) is 3.05. The van der Waals surface area contributed by atoms with Gasteiger partial charge in [0.15, 0.2) is 0 Å². The second-order valence-electron chi connectivity index (χ2n) is 5.41. The predicted molar refractivity (Wildman–Crippen MR) is 69.8 cm³/mol. The van der Waals surface area contributed by atoms with Crippen LogP contribution < -0.4 is 10.5 Å². The summed E-state index contributed by atoms with van der Waals surface area (Å²) in [5, 5.41) is 0. The Kier molecular flexibility index (Phi) is 3.81. The van der Waals surface area contributed by atoms with E-state index in [0.29, 0.717) is 19.6 Å². The Labute approximate surface area is 120 Å². The molecule has 116 valence electrons. The Bertz CT molecular complexity index is 509. The smallest absolute Gasteiger partial charge is 0.492 e. The van der Waals surface area contributed by atoms with Gasteiger partial charge in [-0.1, -0.05) is 18.2 Å². The quantitative estimate of drug-likeness (QED) is 0.908. The minimum absolute atomic E-state index is 0.123. The number of ether oxygens (including phenoxy) is 2. The fraction of sp³-hybridized carbons (Fsp3) is 0.571. The maximum absolute atomic E-state index is 12.3. The highest BCUT2D eigenvalue weighted by molar-refractivity contribution is 5.38. The minimum Gasteiger partial charge on any atom is -0.492 e. The summed E-state index contributed by atoms with van der Waals surface area (Å²) in [7, 11) is 0. The van der Waals surface area contributed by atoms with Gasteiger partial charge >= 0.3 is 6.36 Å². The van der Waals surface area contributed by atoms with Crippen LogP contribution in [-0.4, -0.2) is 43.1 Å². The zero-order chi connectivity index (χ0) is 15.0. The monoisotopic (exact) mass is 302 g/mol. The van der Waals surface area contributed by atoms with E-state index >= 15 is 0 Å². The predicted octanol–water partition coefficient (Wildman–Crippen LogP) is 2.06. The van der Waals surface area contributed by atoms with Crippen molar-refractivity contribution in [1.29, 1.82) is 0 Å². The highest BCUT2D eigenvalue weighted by Gasteiger charge is 2.40. The first kappa shape index (κ1) is 14.6. The third kappa shape index (κ3) is 3.14. The minimum atomic E-state index is -4.58. The molecule has 0 aliphatic carbocycles. The molecule has 2 N–H and O–H groups in total. The van der Waals surface area contributed by atoms with Crippen LogP contribution >= 0.6 is 0 Å². The fourth-order valence-electron chi connectivity index (χ4n) is 3.05. The number of nitrogens with two attached hydrogens (primary N) is 1. The van der Waals surface area contributed by atoms with Crippen molar-refractivity contribution in [2.75, 3.05) is 19.7 Å². The summed E-state index contributed by atoms with van der Waals surface area (Å²) in [6.07, 6.45) is -5.06. The molecule has 1 aromatic rings. The van der Waals surface area contributed by atoms with Crippen molar-refractivity contribution in [1.82, 2.24) is 4.90 Å². The molecule has 0 spiro atoms. The SMILES string of the molecule is N[C@H]1c2ccccc2OC[C@@H]1N1CCC(OC(F)(F)F)C1. The second-order valence-corrected chi connectivity index (χ2v) is 5.41. The normalized spacial score (nSPS) is 30.0. The Morgan fingerprint density at radius 1 is 1.29 bits per heavy atom. The van der Waals surface area contributed by atoms with E-state index in [4.69, 9.17) is 10.5 Å².